The van der Waals surface area contributed by atoms with Gasteiger partial charge in [0.1, 0.15) is 5.82 Å². The maximum Gasteiger partial charge on any atom is 0.123 e. The number of halogens is 1. The van der Waals surface area contributed by atoms with Crippen LogP contribution in [0.1, 0.15) is 29.4 Å². The standard InChI is InChI=1S/C15H19FN2S/c1-11(15-4-3-9-19-15)18(2)14(10-17)12-5-7-13(16)8-6-12/h3-9,11,14H,10,17H2,1-2H3. The Bertz CT molecular complexity index is 495. The Balaban J connectivity index is 2.19. The van der Waals surface area contributed by atoms with Gasteiger partial charge in [0.15, 0.2) is 0 Å². The average Bonchev–Trinajstić information content (AvgIpc) is 2.94. The van der Waals surface area contributed by atoms with Crippen molar-refractivity contribution in [1.82, 2.24) is 4.90 Å². The number of nitrogens with two attached hydrogens (primary N) is 1. The molecular weight excluding hydrogens is 259 g/mol. The van der Waals surface area contributed by atoms with Gasteiger partial charge >= 0.3 is 0 Å². The molecule has 0 saturated carbocycles. The highest BCUT2D eigenvalue weighted by Gasteiger charge is 2.21. The Hall–Kier alpha value is -1.23. The first-order chi connectivity index (χ1) is 9.13. The van der Waals surface area contributed by atoms with E-state index in [0.29, 0.717) is 12.6 Å². The molecule has 2 N–H and O–H groups in total. The summed E-state index contributed by atoms with van der Waals surface area (Å²) in [5, 5.41) is 2.08. The lowest BCUT2D eigenvalue weighted by Gasteiger charge is -2.32. The zero-order chi connectivity index (χ0) is 13.8. The smallest absolute Gasteiger partial charge is 0.123 e. The van der Waals surface area contributed by atoms with E-state index >= 15 is 0 Å². The third-order valence-electron chi connectivity index (χ3n) is 3.54. The SMILES string of the molecule is CC(c1cccs1)N(C)C(CN)c1ccc(F)cc1. The Morgan fingerprint density at radius 3 is 2.47 bits per heavy atom. The molecule has 0 amide bonds. The van der Waals surface area contributed by atoms with Gasteiger partial charge in [-0.2, -0.15) is 0 Å². The Kier molecular flexibility index (Phi) is 4.69. The molecule has 0 bridgehead atoms. The average molecular weight is 278 g/mol. The summed E-state index contributed by atoms with van der Waals surface area (Å²) in [4.78, 5) is 3.54. The van der Waals surface area contributed by atoms with Gasteiger partial charge in [-0.3, -0.25) is 4.90 Å². The van der Waals surface area contributed by atoms with Crippen LogP contribution in [0.25, 0.3) is 0 Å². The quantitative estimate of drug-likeness (QED) is 0.905. The van der Waals surface area contributed by atoms with E-state index in [9.17, 15) is 4.39 Å². The van der Waals surface area contributed by atoms with E-state index < -0.39 is 0 Å². The molecule has 0 fully saturated rings. The van der Waals surface area contributed by atoms with Crippen LogP contribution in [0.5, 0.6) is 0 Å². The van der Waals surface area contributed by atoms with Crippen molar-refractivity contribution in [2.24, 2.45) is 5.73 Å². The summed E-state index contributed by atoms with van der Waals surface area (Å²) in [6, 6.07) is 11.2. The van der Waals surface area contributed by atoms with Crippen molar-refractivity contribution in [2.45, 2.75) is 19.0 Å². The molecule has 2 aromatic rings. The first-order valence-electron chi connectivity index (χ1n) is 6.34. The molecular formula is C15H19FN2S. The van der Waals surface area contributed by atoms with Crippen molar-refractivity contribution >= 4 is 11.3 Å². The fourth-order valence-corrected chi connectivity index (χ4v) is 3.06. The summed E-state index contributed by atoms with van der Waals surface area (Å²) in [6.07, 6.45) is 0. The van der Waals surface area contributed by atoms with Crippen LogP contribution in [0.4, 0.5) is 4.39 Å². The predicted octanol–water partition coefficient (Wildman–Crippen LogP) is 3.58. The molecule has 0 saturated heterocycles. The van der Waals surface area contributed by atoms with Crippen LogP contribution in [0, 0.1) is 5.82 Å². The summed E-state index contributed by atoms with van der Waals surface area (Å²) in [6.45, 7) is 2.68. The lowest BCUT2D eigenvalue weighted by Crippen LogP contribution is -2.32. The molecule has 0 radical (unpaired) electrons. The fourth-order valence-electron chi connectivity index (χ4n) is 2.22. The Morgan fingerprint density at radius 2 is 1.95 bits per heavy atom. The maximum absolute atomic E-state index is 13.0. The van der Waals surface area contributed by atoms with Crippen LogP contribution in [-0.2, 0) is 0 Å². The largest absolute Gasteiger partial charge is 0.329 e. The molecule has 0 aliphatic rings. The van der Waals surface area contributed by atoms with E-state index in [2.05, 4.69) is 36.4 Å². The second-order valence-electron chi connectivity index (χ2n) is 4.66. The second kappa shape index (κ2) is 6.28. The van der Waals surface area contributed by atoms with Crippen LogP contribution in [0.2, 0.25) is 0 Å². The summed E-state index contributed by atoms with van der Waals surface area (Å²) < 4.78 is 13.0. The summed E-state index contributed by atoms with van der Waals surface area (Å²) in [7, 11) is 2.06. The molecule has 0 aliphatic carbocycles. The molecule has 2 unspecified atom stereocenters. The second-order valence-corrected chi connectivity index (χ2v) is 5.64. The molecule has 0 aliphatic heterocycles. The van der Waals surface area contributed by atoms with E-state index in [1.165, 1.54) is 17.0 Å². The van der Waals surface area contributed by atoms with E-state index in [1.54, 1.807) is 11.3 Å². The van der Waals surface area contributed by atoms with Gasteiger partial charge in [0, 0.05) is 23.5 Å². The van der Waals surface area contributed by atoms with Crippen LogP contribution in [0.15, 0.2) is 41.8 Å². The zero-order valence-corrected chi connectivity index (χ0v) is 12.0. The van der Waals surface area contributed by atoms with Crippen molar-refractivity contribution in [3.63, 3.8) is 0 Å². The van der Waals surface area contributed by atoms with E-state index in [0.717, 1.165) is 5.56 Å². The van der Waals surface area contributed by atoms with Gasteiger partial charge in [-0.25, -0.2) is 4.39 Å². The monoisotopic (exact) mass is 278 g/mol. The van der Waals surface area contributed by atoms with Crippen LogP contribution in [0.3, 0.4) is 0 Å². The Morgan fingerprint density at radius 1 is 1.26 bits per heavy atom. The minimum atomic E-state index is -0.214. The number of hydrogen-bond acceptors (Lipinski definition) is 3. The number of likely N-dealkylation sites (N-methyl/N-ethyl adjacent to an activating group) is 1. The molecule has 1 heterocycles. The van der Waals surface area contributed by atoms with Crippen molar-refractivity contribution in [1.29, 1.82) is 0 Å². The van der Waals surface area contributed by atoms with Crippen LogP contribution >= 0.6 is 11.3 Å². The zero-order valence-electron chi connectivity index (χ0n) is 11.2. The molecule has 0 spiro atoms. The molecule has 1 aromatic carbocycles. The lowest BCUT2D eigenvalue weighted by molar-refractivity contribution is 0.192. The minimum Gasteiger partial charge on any atom is -0.329 e. The third-order valence-corrected chi connectivity index (χ3v) is 4.58. The molecule has 2 atom stereocenters. The predicted molar refractivity (Wildman–Crippen MR) is 78.7 cm³/mol. The number of thiophene rings is 1. The summed E-state index contributed by atoms with van der Waals surface area (Å²) in [5.41, 5.74) is 6.95. The van der Waals surface area contributed by atoms with Crippen molar-refractivity contribution in [3.05, 3.63) is 58.0 Å². The molecule has 19 heavy (non-hydrogen) atoms. The minimum absolute atomic E-state index is 0.0951. The van der Waals surface area contributed by atoms with E-state index in [-0.39, 0.29) is 11.9 Å². The first-order valence-corrected chi connectivity index (χ1v) is 7.22. The van der Waals surface area contributed by atoms with Gasteiger partial charge in [-0.15, -0.1) is 11.3 Å². The fraction of sp³-hybridized carbons (Fsp3) is 0.333. The highest BCUT2D eigenvalue weighted by molar-refractivity contribution is 7.10. The highest BCUT2D eigenvalue weighted by atomic mass is 32.1. The van der Waals surface area contributed by atoms with Gasteiger partial charge in [-0.05, 0) is 43.1 Å². The molecule has 1 aromatic heterocycles. The topological polar surface area (TPSA) is 29.3 Å². The van der Waals surface area contributed by atoms with Crippen LogP contribution < -0.4 is 5.73 Å². The third kappa shape index (κ3) is 3.21. The molecule has 102 valence electrons. The van der Waals surface area contributed by atoms with Crippen molar-refractivity contribution in [3.8, 4) is 0 Å². The highest BCUT2D eigenvalue weighted by Crippen LogP contribution is 2.30. The van der Waals surface area contributed by atoms with Gasteiger partial charge in [0.25, 0.3) is 0 Å². The molecule has 4 heteroatoms. The first kappa shape index (κ1) is 14.2. The van der Waals surface area contributed by atoms with Crippen LogP contribution in [-0.4, -0.2) is 18.5 Å². The number of benzene rings is 1. The van der Waals surface area contributed by atoms with E-state index in [4.69, 9.17) is 5.73 Å². The summed E-state index contributed by atoms with van der Waals surface area (Å²) >= 11 is 1.74. The van der Waals surface area contributed by atoms with Crippen molar-refractivity contribution in [2.75, 3.05) is 13.6 Å². The number of nitrogens with zero attached hydrogens (tertiary/aromatic N) is 1. The molecule has 2 nitrogen and oxygen atoms in total. The Labute approximate surface area is 117 Å². The number of hydrogen-bond donors (Lipinski definition) is 1. The van der Waals surface area contributed by atoms with Gasteiger partial charge in [0.05, 0.1) is 0 Å². The molecule has 2 rings (SSSR count). The normalized spacial score (nSPS) is 14.6. The number of rotatable bonds is 5. The lowest BCUT2D eigenvalue weighted by atomic mass is 10.0. The maximum atomic E-state index is 13.0. The van der Waals surface area contributed by atoms with Gasteiger partial charge in [-0.1, -0.05) is 18.2 Å². The van der Waals surface area contributed by atoms with Gasteiger partial charge in [0.2, 0.25) is 0 Å². The van der Waals surface area contributed by atoms with Crippen molar-refractivity contribution < 1.29 is 4.39 Å². The van der Waals surface area contributed by atoms with E-state index in [1.807, 2.05) is 12.1 Å². The summed E-state index contributed by atoms with van der Waals surface area (Å²) in [5.74, 6) is -0.214. The van der Waals surface area contributed by atoms with Gasteiger partial charge < -0.3 is 5.73 Å².